The first-order valence-electron chi connectivity index (χ1n) is 5.44. The quantitative estimate of drug-likeness (QED) is 0.224. The molecule has 108 valence electrons. The van der Waals surface area contributed by atoms with Crippen LogP contribution in [0.3, 0.4) is 0 Å². The van der Waals surface area contributed by atoms with E-state index in [9.17, 15) is 24.8 Å². The maximum Gasteiger partial charge on any atom is 0.332 e. The van der Waals surface area contributed by atoms with Crippen molar-refractivity contribution in [3.63, 3.8) is 0 Å². The van der Waals surface area contributed by atoms with Crippen molar-refractivity contribution in [1.82, 2.24) is 5.43 Å². The van der Waals surface area contributed by atoms with Crippen molar-refractivity contribution in [3.05, 3.63) is 28.3 Å². The molecule has 0 aliphatic carbocycles. The number of nitro groups is 1. The molecule has 0 aliphatic rings. The number of Topliss-reactive ketones (excluding diaryl/α,β-unsaturated/α-hetero) is 1. The van der Waals surface area contributed by atoms with Gasteiger partial charge in [-0.2, -0.15) is 0 Å². The monoisotopic (exact) mass is 283 g/mol. The van der Waals surface area contributed by atoms with Crippen LogP contribution in [0.25, 0.3) is 0 Å². The number of anilines is 1. The van der Waals surface area contributed by atoms with Gasteiger partial charge in [-0.1, -0.05) is 0 Å². The van der Waals surface area contributed by atoms with Crippen molar-refractivity contribution in [2.75, 3.05) is 12.5 Å². The van der Waals surface area contributed by atoms with Crippen molar-refractivity contribution in [2.24, 2.45) is 0 Å². The molecule has 3 N–H and O–H groups in total. The predicted molar refractivity (Wildman–Crippen MR) is 68.0 cm³/mol. The molecule has 0 saturated heterocycles. The number of methoxy groups -OCH3 is 1. The lowest BCUT2D eigenvalue weighted by atomic mass is 10.2. The summed E-state index contributed by atoms with van der Waals surface area (Å²) in [7, 11) is 1.13. The minimum atomic E-state index is -1.26. The highest BCUT2D eigenvalue weighted by molar-refractivity contribution is 6.02. The molecular formula is C11H13N3O6. The van der Waals surface area contributed by atoms with Gasteiger partial charge in [0.2, 0.25) is 0 Å². The minimum absolute atomic E-state index is 0.0748. The zero-order valence-electron chi connectivity index (χ0n) is 10.7. The molecular weight excluding hydrogens is 270 g/mol. The van der Waals surface area contributed by atoms with Gasteiger partial charge in [0.15, 0.2) is 11.8 Å². The zero-order chi connectivity index (χ0) is 15.3. The van der Waals surface area contributed by atoms with E-state index in [1.165, 1.54) is 13.0 Å². The molecule has 0 saturated carbocycles. The van der Waals surface area contributed by atoms with Gasteiger partial charge >= 0.3 is 5.97 Å². The summed E-state index contributed by atoms with van der Waals surface area (Å²) in [6.07, 6.45) is 0. The number of ether oxygens (including phenoxy) is 1. The van der Waals surface area contributed by atoms with Crippen LogP contribution in [0.5, 0.6) is 5.75 Å². The van der Waals surface area contributed by atoms with E-state index >= 15 is 0 Å². The molecule has 0 aromatic heterocycles. The van der Waals surface area contributed by atoms with E-state index in [2.05, 4.69) is 15.6 Å². The molecule has 0 spiro atoms. The second kappa shape index (κ2) is 6.48. The Morgan fingerprint density at radius 3 is 2.55 bits per heavy atom. The number of phenols is 1. The molecule has 0 radical (unpaired) electrons. The molecule has 0 aliphatic heterocycles. The number of phenolic OH excluding ortho intramolecular Hbond substituents is 1. The Morgan fingerprint density at radius 1 is 1.45 bits per heavy atom. The molecule has 20 heavy (non-hydrogen) atoms. The molecule has 1 rings (SSSR count). The van der Waals surface area contributed by atoms with Crippen molar-refractivity contribution in [3.8, 4) is 5.75 Å². The van der Waals surface area contributed by atoms with Crippen molar-refractivity contribution in [1.29, 1.82) is 0 Å². The highest BCUT2D eigenvalue weighted by atomic mass is 16.6. The molecule has 1 aromatic rings. The summed E-state index contributed by atoms with van der Waals surface area (Å²) >= 11 is 0. The van der Waals surface area contributed by atoms with E-state index in [0.717, 1.165) is 19.2 Å². The Bertz CT molecular complexity index is 545. The first-order valence-corrected chi connectivity index (χ1v) is 5.44. The number of benzene rings is 1. The highest BCUT2D eigenvalue weighted by Gasteiger charge is 2.24. The Balaban J connectivity index is 2.81. The van der Waals surface area contributed by atoms with Crippen LogP contribution < -0.4 is 10.9 Å². The van der Waals surface area contributed by atoms with Gasteiger partial charge in [0.25, 0.3) is 5.69 Å². The number of hydrogen-bond donors (Lipinski definition) is 3. The van der Waals surface area contributed by atoms with Crippen LogP contribution in [-0.2, 0) is 14.3 Å². The van der Waals surface area contributed by atoms with E-state index in [0.29, 0.717) is 0 Å². The SMILES string of the molecule is COC(=O)C(NNc1ccc([N+](=O)[O-])cc1O)C(C)=O. The standard InChI is InChI=1S/C11H13N3O6/c1-6(15)10(11(17)20-2)13-12-8-4-3-7(14(18)19)5-9(8)16/h3-5,10,12-13,16H,1-2H3. The number of non-ortho nitro benzene ring substituents is 1. The molecule has 0 fully saturated rings. The van der Waals surface area contributed by atoms with Crippen LogP contribution in [0, 0.1) is 10.1 Å². The fraction of sp³-hybridized carbons (Fsp3) is 0.273. The maximum absolute atomic E-state index is 11.3. The smallest absolute Gasteiger partial charge is 0.332 e. The summed E-state index contributed by atoms with van der Waals surface area (Å²) in [5, 5.41) is 20.1. The van der Waals surface area contributed by atoms with Crippen LogP contribution in [0.4, 0.5) is 11.4 Å². The van der Waals surface area contributed by atoms with Gasteiger partial charge in [-0.25, -0.2) is 10.2 Å². The second-order valence-corrected chi connectivity index (χ2v) is 3.79. The number of nitro benzene ring substituents is 1. The number of nitrogens with one attached hydrogen (secondary N) is 2. The predicted octanol–water partition coefficient (Wildman–Crippen LogP) is 0.347. The number of carbonyl (C=O) groups excluding carboxylic acids is 2. The summed E-state index contributed by atoms with van der Waals surface area (Å²) < 4.78 is 4.43. The molecule has 0 heterocycles. The van der Waals surface area contributed by atoms with Crippen molar-refractivity contribution in [2.45, 2.75) is 13.0 Å². The fourth-order valence-electron chi connectivity index (χ4n) is 1.33. The van der Waals surface area contributed by atoms with E-state index in [1.807, 2.05) is 0 Å². The van der Waals surface area contributed by atoms with Crippen LogP contribution in [-0.4, -0.2) is 34.9 Å². The normalized spacial score (nSPS) is 11.5. The lowest BCUT2D eigenvalue weighted by Gasteiger charge is -2.15. The van der Waals surface area contributed by atoms with Gasteiger partial charge in [0.05, 0.1) is 23.8 Å². The molecule has 1 unspecified atom stereocenters. The minimum Gasteiger partial charge on any atom is -0.505 e. The zero-order valence-corrected chi connectivity index (χ0v) is 10.7. The summed E-state index contributed by atoms with van der Waals surface area (Å²) in [5.74, 6) is -1.70. The van der Waals surface area contributed by atoms with Gasteiger partial charge in [-0.3, -0.25) is 14.9 Å². The summed E-state index contributed by atoms with van der Waals surface area (Å²) in [6.45, 7) is 1.19. The number of nitrogens with zero attached hydrogens (tertiary/aromatic N) is 1. The van der Waals surface area contributed by atoms with Crippen molar-refractivity contribution < 1.29 is 24.4 Å². The van der Waals surface area contributed by atoms with E-state index in [1.54, 1.807) is 0 Å². The number of aromatic hydroxyl groups is 1. The van der Waals surface area contributed by atoms with Crippen molar-refractivity contribution >= 4 is 23.1 Å². The Labute approximate surface area is 113 Å². The Morgan fingerprint density at radius 2 is 2.10 bits per heavy atom. The van der Waals surface area contributed by atoms with Gasteiger partial charge in [0, 0.05) is 6.07 Å². The summed E-state index contributed by atoms with van der Waals surface area (Å²) in [4.78, 5) is 32.4. The lowest BCUT2D eigenvalue weighted by molar-refractivity contribution is -0.384. The fourth-order valence-corrected chi connectivity index (χ4v) is 1.33. The molecule has 9 heteroatoms. The van der Waals surface area contributed by atoms with Gasteiger partial charge < -0.3 is 15.3 Å². The number of hydrazine groups is 1. The topological polar surface area (TPSA) is 131 Å². The number of ketones is 1. The third-order valence-corrected chi connectivity index (χ3v) is 2.39. The van der Waals surface area contributed by atoms with E-state index in [-0.39, 0.29) is 11.4 Å². The lowest BCUT2D eigenvalue weighted by Crippen LogP contribution is -2.45. The average molecular weight is 283 g/mol. The number of hydrogen-bond acceptors (Lipinski definition) is 8. The Kier molecular flexibility index (Phi) is 4.98. The van der Waals surface area contributed by atoms with Gasteiger partial charge in [-0.05, 0) is 13.0 Å². The highest BCUT2D eigenvalue weighted by Crippen LogP contribution is 2.27. The van der Waals surface area contributed by atoms with E-state index in [4.69, 9.17) is 0 Å². The second-order valence-electron chi connectivity index (χ2n) is 3.79. The van der Waals surface area contributed by atoms with Gasteiger partial charge in [-0.15, -0.1) is 0 Å². The Hall–Kier alpha value is -2.68. The largest absolute Gasteiger partial charge is 0.505 e. The number of rotatable bonds is 6. The molecule has 1 aromatic carbocycles. The molecule has 9 nitrogen and oxygen atoms in total. The third kappa shape index (κ3) is 3.65. The van der Waals surface area contributed by atoms with Crippen LogP contribution >= 0.6 is 0 Å². The van der Waals surface area contributed by atoms with E-state index < -0.39 is 28.5 Å². The third-order valence-electron chi connectivity index (χ3n) is 2.39. The van der Waals surface area contributed by atoms with Crippen LogP contribution in [0.15, 0.2) is 18.2 Å². The van der Waals surface area contributed by atoms with Crippen LogP contribution in [0.2, 0.25) is 0 Å². The van der Waals surface area contributed by atoms with Gasteiger partial charge in [0.1, 0.15) is 5.75 Å². The maximum atomic E-state index is 11.3. The number of esters is 1. The molecule has 0 bridgehead atoms. The molecule has 1 atom stereocenters. The summed E-state index contributed by atoms with van der Waals surface area (Å²) in [6, 6.07) is 2.07. The summed E-state index contributed by atoms with van der Waals surface area (Å²) in [5.41, 5.74) is 4.59. The van der Waals surface area contributed by atoms with Crippen LogP contribution in [0.1, 0.15) is 6.92 Å². The first-order chi connectivity index (χ1) is 9.36. The molecule has 0 amide bonds. The average Bonchev–Trinajstić information content (AvgIpc) is 2.39. The number of carbonyl (C=O) groups is 2. The first kappa shape index (κ1) is 15.4.